The van der Waals surface area contributed by atoms with Gasteiger partial charge in [-0.05, 0) is 101 Å². The Balaban J connectivity index is 0.000000389. The summed E-state index contributed by atoms with van der Waals surface area (Å²) in [4.78, 5) is 46.1. The van der Waals surface area contributed by atoms with Crippen LogP contribution in [0.25, 0.3) is 19.6 Å². The van der Waals surface area contributed by atoms with Crippen molar-refractivity contribution in [3.05, 3.63) is 263 Å². The molecule has 92 heavy (non-hydrogen) atoms. The van der Waals surface area contributed by atoms with Crippen LogP contribution in [0.4, 0.5) is 27.5 Å². The van der Waals surface area contributed by atoms with Crippen LogP contribution >= 0.6 is 47.0 Å². The number of Topliss-reactive ketones (excluding diaryl/α,β-unsaturated/α-hetero) is 1. The molecule has 2 aliphatic rings. The zero-order valence-electron chi connectivity index (χ0n) is 50.5. The van der Waals surface area contributed by atoms with Gasteiger partial charge in [-0.1, -0.05) is 207 Å². The molecule has 10 rings (SSSR count). The number of nitriles is 4. The number of hydrogen-bond donors (Lipinski definition) is 1. The fraction of sp³-hybridized carbons (Fsp3) is 0.213. The summed E-state index contributed by atoms with van der Waals surface area (Å²) in [7, 11) is 7.90. The number of ketones is 1. The van der Waals surface area contributed by atoms with Crippen LogP contribution in [0.3, 0.4) is 0 Å². The van der Waals surface area contributed by atoms with Crippen molar-refractivity contribution in [2.45, 2.75) is 49.4 Å². The molecular formula is C75H79FN8O4S4. The zero-order valence-corrected chi connectivity index (χ0v) is 53.7. The Bertz CT molecular complexity index is 3690. The molecule has 0 aliphatic carbocycles. The van der Waals surface area contributed by atoms with Gasteiger partial charge in [0.15, 0.2) is 8.53 Å². The van der Waals surface area contributed by atoms with Crippen LogP contribution in [0.2, 0.25) is 0 Å². The summed E-state index contributed by atoms with van der Waals surface area (Å²) in [6.07, 6.45) is 2.47. The predicted molar refractivity (Wildman–Crippen MR) is 390 cm³/mol. The monoisotopic (exact) mass is 1300 g/mol. The lowest BCUT2D eigenvalue weighted by Gasteiger charge is -2.21. The Kier molecular flexibility index (Phi) is 31.9. The molecule has 8 aromatic carbocycles. The molecule has 12 nitrogen and oxygen atoms in total. The van der Waals surface area contributed by atoms with E-state index in [9.17, 15) is 19.5 Å². The quantitative estimate of drug-likeness (QED) is 0.0530. The fourth-order valence-electron chi connectivity index (χ4n) is 9.04. The van der Waals surface area contributed by atoms with Crippen LogP contribution in [-0.2, 0) is 0 Å². The molecule has 474 valence electrons. The number of aldehydes is 2. The largest absolute Gasteiger partial charge is 0.380 e. The minimum Gasteiger partial charge on any atom is -0.380 e. The Labute approximate surface area is 561 Å². The van der Waals surface area contributed by atoms with Crippen molar-refractivity contribution in [3.8, 4) is 24.3 Å². The summed E-state index contributed by atoms with van der Waals surface area (Å²) in [6, 6.07) is 80.0. The van der Waals surface area contributed by atoms with Gasteiger partial charge in [0.25, 0.3) is 0 Å². The van der Waals surface area contributed by atoms with E-state index >= 15 is 0 Å². The molecule has 8 aromatic rings. The number of hydrogen-bond acceptors (Lipinski definition) is 16. The lowest BCUT2D eigenvalue weighted by Crippen LogP contribution is -2.18. The molecule has 0 radical (unpaired) electrons. The first kappa shape index (κ1) is 75.2. The van der Waals surface area contributed by atoms with Crippen LogP contribution in [0.15, 0.2) is 218 Å². The Hall–Kier alpha value is -9.30. The Morgan fingerprint density at radius 3 is 0.978 bits per heavy atom. The average Bonchev–Trinajstić information content (AvgIpc) is 1.59. The molecule has 1 spiro atoms. The zero-order chi connectivity index (χ0) is 63.4. The molecule has 1 unspecified atom stereocenters. The number of aliphatic hydroxyl groups is 1. The molecule has 2 heterocycles. The molecule has 0 bridgehead atoms. The minimum absolute atomic E-state index is 0. The molecule has 0 fully saturated rings. The maximum Gasteiger partial charge on any atom is 0.195 e. The highest BCUT2D eigenvalue weighted by molar-refractivity contribution is 8.58. The van der Waals surface area contributed by atoms with Crippen molar-refractivity contribution in [2.24, 2.45) is 0 Å². The van der Waals surface area contributed by atoms with Gasteiger partial charge in [0.05, 0.1) is 50.0 Å². The van der Waals surface area contributed by atoms with Crippen molar-refractivity contribution in [2.75, 3.05) is 74.0 Å². The summed E-state index contributed by atoms with van der Waals surface area (Å²) in [6.45, 7) is 2.76. The smallest absolute Gasteiger partial charge is 0.195 e. The van der Waals surface area contributed by atoms with E-state index in [2.05, 4.69) is 143 Å². The Morgan fingerprint density at radius 2 is 0.685 bits per heavy atom. The van der Waals surface area contributed by atoms with Crippen LogP contribution < -0.4 is 19.6 Å². The molecule has 0 aromatic heterocycles. The van der Waals surface area contributed by atoms with Gasteiger partial charge in [0, 0.05) is 115 Å². The van der Waals surface area contributed by atoms with Crippen LogP contribution in [0, 0.1) is 45.3 Å². The fourth-order valence-corrected chi connectivity index (χ4v) is 16.4. The number of thioether (sulfide) groups is 4. The number of aliphatic hydroxyl groups excluding tert-OH is 1. The van der Waals surface area contributed by atoms with E-state index in [1.54, 1.807) is 60.7 Å². The van der Waals surface area contributed by atoms with E-state index in [1.165, 1.54) is 41.9 Å². The van der Waals surface area contributed by atoms with Gasteiger partial charge in [-0.3, -0.25) is 19.1 Å². The lowest BCUT2D eigenvalue weighted by molar-refractivity contribution is 0.0747. The normalized spacial score (nSPS) is 12.4. The van der Waals surface area contributed by atoms with E-state index in [-0.39, 0.29) is 29.5 Å². The van der Waals surface area contributed by atoms with Crippen LogP contribution in [-0.4, -0.2) is 80.6 Å². The number of rotatable bonds is 21. The first-order valence-corrected chi connectivity index (χ1v) is 31.9. The molecule has 0 saturated carbocycles. The van der Waals surface area contributed by atoms with Gasteiger partial charge in [-0.2, -0.15) is 21.0 Å². The second-order valence-corrected chi connectivity index (χ2v) is 26.8. The van der Waals surface area contributed by atoms with Crippen molar-refractivity contribution in [1.82, 2.24) is 0 Å². The minimum atomic E-state index is -1.15. The topological polar surface area (TPSA) is 180 Å². The second-order valence-electron chi connectivity index (χ2n) is 20.3. The lowest BCUT2D eigenvalue weighted by atomic mass is 10.00. The van der Waals surface area contributed by atoms with Gasteiger partial charge >= 0.3 is 0 Å². The van der Waals surface area contributed by atoms with Crippen LogP contribution in [0.1, 0.15) is 107 Å². The number of benzene rings is 8. The summed E-state index contributed by atoms with van der Waals surface area (Å²) in [5.41, 5.74) is 11.5. The summed E-state index contributed by atoms with van der Waals surface area (Å²) >= 11 is 7.81. The summed E-state index contributed by atoms with van der Waals surface area (Å²) in [5.74, 6) is -0.322. The standard InChI is InChI=1S/C37H32N4S4.C18H18N2O2.C11H12N2O.C7H6O.2CH4.FH.H2/c1-40(25-9-23-38)31-19-15-29(16-20-31)35-33(27-11-5-3-6-12-27)42-37(44-35)43-34(28-13-7-4-8-14-28)36(45-37)30-17-21-32(22-18-30)41(2)26-10-24-39;1-20(13-5-12-19)16-10-8-15(9-11-16)18(22)17(21)14-6-3-2-4-7-14;1-13(8-2-7-12)11-5-3-10(9-14)4-6-11;8-6-7-4-2-1-3-5-7;;;;/h3-8,11-22H,9-10,25-26H2,1-2H3;2-4,6-11,17,21H,5,13H2,1H3;3-6,9H,2,8H2,1H3;1-6H;2*1H4;2*1H/i;;;;;;;1+1. The number of halogens is 1. The molecule has 2 aliphatic heterocycles. The predicted octanol–water partition coefficient (Wildman–Crippen LogP) is 18.3. The summed E-state index contributed by atoms with van der Waals surface area (Å²) in [5, 5.41) is 45.2. The van der Waals surface area contributed by atoms with Gasteiger partial charge in [0.1, 0.15) is 18.7 Å². The maximum atomic E-state index is 12.3. The first-order valence-electron chi connectivity index (χ1n) is 28.7. The highest BCUT2D eigenvalue weighted by Crippen LogP contribution is 2.78. The van der Waals surface area contributed by atoms with Crippen molar-refractivity contribution < 1.29 is 25.6 Å². The maximum absolute atomic E-state index is 12.3. The van der Waals surface area contributed by atoms with Gasteiger partial charge in [-0.25, -0.2) is 0 Å². The summed E-state index contributed by atoms with van der Waals surface area (Å²) < 4.78 is -0.217. The third-order valence-electron chi connectivity index (χ3n) is 14.1. The third kappa shape index (κ3) is 21.4. The number of carbonyl (C=O) groups is 3. The van der Waals surface area contributed by atoms with E-state index < -0.39 is 6.10 Å². The average molecular weight is 1300 g/mol. The van der Waals surface area contributed by atoms with Crippen LogP contribution in [0.5, 0.6) is 0 Å². The molecule has 1 atom stereocenters. The highest BCUT2D eigenvalue weighted by Gasteiger charge is 2.49. The number of carbonyl (C=O) groups excluding carboxylic acids is 3. The number of nitrogens with zero attached hydrogens (tertiary/aromatic N) is 8. The molecule has 1 N–H and O–H groups in total. The van der Waals surface area contributed by atoms with Gasteiger partial charge < -0.3 is 24.7 Å². The molecular weight excluding hydrogens is 1220 g/mol. The first-order chi connectivity index (χ1) is 43.3. The molecule has 0 saturated heterocycles. The second kappa shape index (κ2) is 39.1. The SMILES string of the molecule is C.C.CN(CCC#N)c1ccc(C(=O)C(O)c2ccccc2)cc1.CN(CCC#N)c1ccc(C2=C(c3ccccc3)SC3(SC(c4ccccc4)=C(c4ccc(N(C)CCC#N)cc4)S3)S2)cc1.CN(CCC#N)c1ccc(C=O)cc1.F.O=Cc1ccccc1.[2HH]. The Morgan fingerprint density at radius 1 is 0.424 bits per heavy atom. The molecule has 0 amide bonds. The van der Waals surface area contributed by atoms with Gasteiger partial charge in [-0.15, -0.1) is 0 Å². The third-order valence-corrected chi connectivity index (χ3v) is 21.0. The van der Waals surface area contributed by atoms with Crippen molar-refractivity contribution in [1.29, 1.82) is 21.0 Å². The van der Waals surface area contributed by atoms with Gasteiger partial charge in [0.2, 0.25) is 0 Å². The van der Waals surface area contributed by atoms with Crippen molar-refractivity contribution >= 4 is 108 Å². The molecule has 17 heteroatoms. The van der Waals surface area contributed by atoms with E-state index in [0.717, 1.165) is 40.9 Å². The number of anilines is 4. The van der Waals surface area contributed by atoms with E-state index in [4.69, 9.17) is 21.0 Å². The highest BCUT2D eigenvalue weighted by atomic mass is 32.3. The van der Waals surface area contributed by atoms with E-state index in [0.29, 0.717) is 68.6 Å². The van der Waals surface area contributed by atoms with E-state index in [1.807, 2.05) is 134 Å². The van der Waals surface area contributed by atoms with Crippen molar-refractivity contribution in [3.63, 3.8) is 0 Å².